The predicted molar refractivity (Wildman–Crippen MR) is 73.4 cm³/mol. The summed E-state index contributed by atoms with van der Waals surface area (Å²) in [5.41, 5.74) is 0. The first-order valence-electron chi connectivity index (χ1n) is 7.52. The number of carboxylic acids is 1. The number of rotatable bonds is 3. The highest BCUT2D eigenvalue weighted by Crippen LogP contribution is 2.36. The maximum absolute atomic E-state index is 11.5. The lowest BCUT2D eigenvalue weighted by molar-refractivity contribution is -0.141. The summed E-state index contributed by atoms with van der Waals surface area (Å²) in [5.74, 6) is 0.939. The van der Waals surface area contributed by atoms with E-state index in [0.29, 0.717) is 12.5 Å². The molecule has 0 saturated carbocycles. The van der Waals surface area contributed by atoms with Crippen LogP contribution in [-0.4, -0.2) is 43.3 Å². The molecule has 0 aromatic carbocycles. The lowest BCUT2D eigenvalue weighted by Gasteiger charge is -2.30. The standard InChI is InChI=1S/C14H22N4O2/c1-9(2)17-8-4-6-10(17)13-16-15-12-7-3-5-11(14(19)20)18(12)13/h9-11H,3-8H2,1-2H3,(H,19,20). The van der Waals surface area contributed by atoms with Crippen LogP contribution in [0.25, 0.3) is 0 Å². The number of nitrogens with zero attached hydrogens (tertiary/aromatic N) is 4. The van der Waals surface area contributed by atoms with Crippen LogP contribution in [0.2, 0.25) is 0 Å². The average Bonchev–Trinajstić information content (AvgIpc) is 3.03. The Morgan fingerprint density at radius 3 is 2.80 bits per heavy atom. The van der Waals surface area contributed by atoms with Gasteiger partial charge in [-0.2, -0.15) is 0 Å². The molecule has 2 aliphatic heterocycles. The van der Waals surface area contributed by atoms with Crippen molar-refractivity contribution in [2.24, 2.45) is 0 Å². The largest absolute Gasteiger partial charge is 0.480 e. The van der Waals surface area contributed by atoms with E-state index in [9.17, 15) is 9.90 Å². The van der Waals surface area contributed by atoms with Crippen molar-refractivity contribution in [3.8, 4) is 0 Å². The van der Waals surface area contributed by atoms with Gasteiger partial charge in [-0.25, -0.2) is 4.79 Å². The molecule has 110 valence electrons. The normalized spacial score (nSPS) is 26.9. The van der Waals surface area contributed by atoms with Crippen LogP contribution in [0.5, 0.6) is 0 Å². The fourth-order valence-electron chi connectivity index (χ4n) is 3.58. The summed E-state index contributed by atoms with van der Waals surface area (Å²) in [7, 11) is 0. The molecular formula is C14H22N4O2. The van der Waals surface area contributed by atoms with Gasteiger partial charge < -0.3 is 5.11 Å². The van der Waals surface area contributed by atoms with Crippen molar-refractivity contribution in [2.75, 3.05) is 6.54 Å². The molecule has 1 aromatic rings. The Morgan fingerprint density at radius 1 is 1.30 bits per heavy atom. The summed E-state index contributed by atoms with van der Waals surface area (Å²) in [6.45, 7) is 5.42. The molecule has 0 spiro atoms. The van der Waals surface area contributed by atoms with E-state index in [4.69, 9.17) is 0 Å². The number of hydrogen-bond acceptors (Lipinski definition) is 4. The average molecular weight is 278 g/mol. The number of fused-ring (bicyclic) bond motifs is 1. The molecule has 2 atom stereocenters. The monoisotopic (exact) mass is 278 g/mol. The van der Waals surface area contributed by atoms with Gasteiger partial charge in [-0.1, -0.05) is 0 Å². The highest BCUT2D eigenvalue weighted by molar-refractivity contribution is 5.72. The van der Waals surface area contributed by atoms with Crippen molar-refractivity contribution in [3.05, 3.63) is 11.6 Å². The van der Waals surface area contributed by atoms with Gasteiger partial charge >= 0.3 is 5.97 Å². The molecule has 6 heteroatoms. The number of carbonyl (C=O) groups is 1. The van der Waals surface area contributed by atoms with Gasteiger partial charge in [0.1, 0.15) is 11.9 Å². The molecule has 3 rings (SSSR count). The second-order valence-corrected chi connectivity index (χ2v) is 6.08. The van der Waals surface area contributed by atoms with Crippen molar-refractivity contribution >= 4 is 5.97 Å². The lowest BCUT2D eigenvalue weighted by Crippen LogP contribution is -2.34. The fraction of sp³-hybridized carbons (Fsp3) is 0.786. The number of aliphatic carboxylic acids is 1. The molecule has 2 unspecified atom stereocenters. The third kappa shape index (κ3) is 2.12. The molecule has 6 nitrogen and oxygen atoms in total. The summed E-state index contributed by atoms with van der Waals surface area (Å²) < 4.78 is 1.90. The van der Waals surface area contributed by atoms with Crippen LogP contribution in [0.15, 0.2) is 0 Å². The van der Waals surface area contributed by atoms with Crippen molar-refractivity contribution in [1.82, 2.24) is 19.7 Å². The summed E-state index contributed by atoms with van der Waals surface area (Å²) in [4.78, 5) is 13.9. The Bertz CT molecular complexity index is 511. The second kappa shape index (κ2) is 5.16. The van der Waals surface area contributed by atoms with E-state index in [1.165, 1.54) is 0 Å². The highest BCUT2D eigenvalue weighted by atomic mass is 16.4. The summed E-state index contributed by atoms with van der Waals surface area (Å²) in [6.07, 6.45) is 4.59. The number of aromatic nitrogens is 3. The van der Waals surface area contributed by atoms with Gasteiger partial charge in [0.15, 0.2) is 5.82 Å². The minimum atomic E-state index is -0.763. The van der Waals surface area contributed by atoms with Crippen molar-refractivity contribution < 1.29 is 9.90 Å². The third-order valence-corrected chi connectivity index (χ3v) is 4.52. The maximum Gasteiger partial charge on any atom is 0.326 e. The Balaban J connectivity index is 1.99. The zero-order valence-corrected chi connectivity index (χ0v) is 12.1. The van der Waals surface area contributed by atoms with E-state index in [1.54, 1.807) is 0 Å². The van der Waals surface area contributed by atoms with Crippen LogP contribution in [0, 0.1) is 0 Å². The summed E-state index contributed by atoms with van der Waals surface area (Å²) in [6, 6.07) is 0.178. The van der Waals surface area contributed by atoms with Gasteiger partial charge in [0.25, 0.3) is 0 Å². The van der Waals surface area contributed by atoms with E-state index < -0.39 is 12.0 Å². The Morgan fingerprint density at radius 2 is 2.10 bits per heavy atom. The van der Waals surface area contributed by atoms with Crippen molar-refractivity contribution in [2.45, 2.75) is 64.1 Å². The van der Waals surface area contributed by atoms with Crippen LogP contribution in [0.4, 0.5) is 0 Å². The molecule has 0 bridgehead atoms. The smallest absolute Gasteiger partial charge is 0.326 e. The van der Waals surface area contributed by atoms with Crippen molar-refractivity contribution in [1.29, 1.82) is 0 Å². The van der Waals surface area contributed by atoms with E-state index >= 15 is 0 Å². The number of carboxylic acid groups (broad SMARTS) is 1. The molecule has 1 fully saturated rings. The first kappa shape index (κ1) is 13.5. The Hall–Kier alpha value is -1.43. The van der Waals surface area contributed by atoms with E-state index in [-0.39, 0.29) is 6.04 Å². The van der Waals surface area contributed by atoms with Gasteiger partial charge in [-0.3, -0.25) is 9.47 Å². The fourth-order valence-corrected chi connectivity index (χ4v) is 3.58. The Labute approximate surface area is 118 Å². The van der Waals surface area contributed by atoms with Crippen LogP contribution in [-0.2, 0) is 11.2 Å². The first-order chi connectivity index (χ1) is 9.59. The molecular weight excluding hydrogens is 256 g/mol. The van der Waals surface area contributed by atoms with Crippen LogP contribution >= 0.6 is 0 Å². The first-order valence-corrected chi connectivity index (χ1v) is 7.52. The highest BCUT2D eigenvalue weighted by Gasteiger charge is 2.37. The molecule has 3 heterocycles. The molecule has 0 radical (unpaired) electrons. The zero-order valence-electron chi connectivity index (χ0n) is 12.1. The SMILES string of the molecule is CC(C)N1CCCC1c1nnc2n1C(C(=O)O)CCC2. The molecule has 20 heavy (non-hydrogen) atoms. The number of aryl methyl sites for hydroxylation is 1. The predicted octanol–water partition coefficient (Wildman–Crippen LogP) is 1.79. The minimum Gasteiger partial charge on any atom is -0.480 e. The molecule has 1 saturated heterocycles. The molecule has 0 aliphatic carbocycles. The zero-order chi connectivity index (χ0) is 14.3. The molecule has 0 amide bonds. The lowest BCUT2D eigenvalue weighted by atomic mass is 10.0. The van der Waals surface area contributed by atoms with Crippen LogP contribution in [0.1, 0.15) is 63.3 Å². The van der Waals surface area contributed by atoms with Gasteiger partial charge in [-0.15, -0.1) is 10.2 Å². The Kier molecular flexibility index (Phi) is 3.50. The summed E-state index contributed by atoms with van der Waals surface area (Å²) >= 11 is 0. The summed E-state index contributed by atoms with van der Waals surface area (Å²) in [5, 5.41) is 18.1. The minimum absolute atomic E-state index is 0.219. The van der Waals surface area contributed by atoms with Gasteiger partial charge in [-0.05, 0) is 46.1 Å². The maximum atomic E-state index is 11.5. The second-order valence-electron chi connectivity index (χ2n) is 6.08. The molecule has 2 aliphatic rings. The van der Waals surface area contributed by atoms with E-state index in [2.05, 4.69) is 28.9 Å². The molecule has 1 N–H and O–H groups in total. The molecule has 1 aromatic heterocycles. The van der Waals surface area contributed by atoms with Gasteiger partial charge in [0.05, 0.1) is 6.04 Å². The van der Waals surface area contributed by atoms with Gasteiger partial charge in [0.2, 0.25) is 0 Å². The van der Waals surface area contributed by atoms with Gasteiger partial charge in [0, 0.05) is 12.5 Å². The number of hydrogen-bond donors (Lipinski definition) is 1. The third-order valence-electron chi connectivity index (χ3n) is 4.52. The quantitative estimate of drug-likeness (QED) is 0.912. The van der Waals surface area contributed by atoms with Crippen LogP contribution in [0.3, 0.4) is 0 Å². The van der Waals surface area contributed by atoms with E-state index in [1.807, 2.05) is 4.57 Å². The van der Waals surface area contributed by atoms with Crippen LogP contribution < -0.4 is 0 Å². The topological polar surface area (TPSA) is 71.2 Å². The van der Waals surface area contributed by atoms with E-state index in [0.717, 1.165) is 43.9 Å². The number of likely N-dealkylation sites (tertiary alicyclic amines) is 1. The van der Waals surface area contributed by atoms with Crippen molar-refractivity contribution in [3.63, 3.8) is 0 Å².